The molecule has 8 aromatic rings. The maximum absolute atomic E-state index is 5.30. The van der Waals surface area contributed by atoms with Gasteiger partial charge in [0.05, 0.1) is 17.2 Å². The van der Waals surface area contributed by atoms with Gasteiger partial charge in [-0.2, -0.15) is 0 Å². The second-order valence-electron chi connectivity index (χ2n) is 15.3. The van der Waals surface area contributed by atoms with E-state index in [2.05, 4.69) is 183 Å². The number of nitrogens with zero attached hydrogens (tertiary/aromatic N) is 2. The molecule has 0 radical (unpaired) electrons. The van der Waals surface area contributed by atoms with Gasteiger partial charge in [0, 0.05) is 21.8 Å². The predicted molar refractivity (Wildman–Crippen MR) is 241 cm³/mol. The quantitative estimate of drug-likeness (QED) is 0.160. The van der Waals surface area contributed by atoms with Crippen molar-refractivity contribution in [3.05, 3.63) is 251 Å². The van der Waals surface area contributed by atoms with Crippen LogP contribution in [0.4, 0.5) is 0 Å². The van der Waals surface area contributed by atoms with Crippen molar-refractivity contribution in [1.82, 2.24) is 0 Å². The Bertz CT molecular complexity index is 2910. The van der Waals surface area contributed by atoms with Gasteiger partial charge in [0.2, 0.25) is 0 Å². The van der Waals surface area contributed by atoms with Crippen molar-refractivity contribution in [1.29, 1.82) is 0 Å². The van der Waals surface area contributed by atoms with Crippen molar-refractivity contribution in [2.24, 2.45) is 9.98 Å². The van der Waals surface area contributed by atoms with Gasteiger partial charge in [0.1, 0.15) is 0 Å². The first-order valence-corrected chi connectivity index (χ1v) is 20.7. The molecule has 2 heterocycles. The first-order valence-electron chi connectivity index (χ1n) is 19.9. The summed E-state index contributed by atoms with van der Waals surface area (Å²) in [5.74, 6) is 0.733. The normalized spacial score (nSPS) is 16.0. The fraction of sp³-hybridized carbons (Fsp3) is 0.0545. The lowest BCUT2D eigenvalue weighted by Gasteiger charge is -2.40. The van der Waals surface area contributed by atoms with Gasteiger partial charge < -0.3 is 0 Å². The van der Waals surface area contributed by atoms with Crippen LogP contribution in [-0.2, 0) is 5.41 Å². The lowest BCUT2D eigenvalue weighted by atomic mass is 9.67. The Morgan fingerprint density at radius 3 is 1.67 bits per heavy atom. The van der Waals surface area contributed by atoms with E-state index in [1.807, 2.05) is 36.0 Å². The van der Waals surface area contributed by atoms with Crippen molar-refractivity contribution in [3.8, 4) is 33.4 Å². The van der Waals surface area contributed by atoms with Crippen molar-refractivity contribution < 1.29 is 0 Å². The monoisotopic (exact) mass is 758 g/mol. The molecule has 0 bridgehead atoms. The van der Waals surface area contributed by atoms with Crippen LogP contribution in [0.1, 0.15) is 51.4 Å². The molecule has 0 saturated carbocycles. The zero-order chi connectivity index (χ0) is 38.6. The molecule has 1 atom stereocenters. The van der Waals surface area contributed by atoms with Crippen molar-refractivity contribution in [2.75, 3.05) is 0 Å². The molecule has 0 N–H and O–H groups in total. The summed E-state index contributed by atoms with van der Waals surface area (Å²) in [7, 11) is 0. The topological polar surface area (TPSA) is 24.7 Å². The number of amidine groups is 1. The molecule has 1 aliphatic carbocycles. The van der Waals surface area contributed by atoms with Crippen LogP contribution in [0.5, 0.6) is 0 Å². The molecular formula is C55H38N2S. The van der Waals surface area contributed by atoms with E-state index >= 15 is 0 Å². The van der Waals surface area contributed by atoms with Crippen LogP contribution in [0.3, 0.4) is 0 Å². The molecule has 0 saturated heterocycles. The number of hydrogen-bond acceptors (Lipinski definition) is 3. The maximum Gasteiger partial charge on any atom is 0.155 e. The highest BCUT2D eigenvalue weighted by molar-refractivity contribution is 7.99. The molecular weight excluding hydrogens is 721 g/mol. The summed E-state index contributed by atoms with van der Waals surface area (Å²) in [5, 5.41) is 0. The van der Waals surface area contributed by atoms with Crippen LogP contribution >= 0.6 is 11.8 Å². The third-order valence-electron chi connectivity index (χ3n) is 12.0. The zero-order valence-electron chi connectivity index (χ0n) is 31.8. The fourth-order valence-corrected chi connectivity index (χ4v) is 10.5. The van der Waals surface area contributed by atoms with Gasteiger partial charge in [0.25, 0.3) is 0 Å². The number of rotatable bonds is 5. The Hall–Kier alpha value is -6.81. The second-order valence-corrected chi connectivity index (χ2v) is 16.4. The molecule has 1 spiro atoms. The van der Waals surface area contributed by atoms with E-state index in [1.54, 1.807) is 0 Å². The first-order chi connectivity index (χ1) is 28.6. The van der Waals surface area contributed by atoms with Gasteiger partial charge in [0.15, 0.2) is 5.84 Å². The molecule has 2 aliphatic heterocycles. The third kappa shape index (κ3) is 5.57. The molecule has 11 rings (SSSR count). The zero-order valence-corrected chi connectivity index (χ0v) is 32.7. The van der Waals surface area contributed by atoms with Crippen LogP contribution in [0.15, 0.2) is 232 Å². The summed E-state index contributed by atoms with van der Waals surface area (Å²) in [6.45, 7) is 4.59. The van der Waals surface area contributed by atoms with Gasteiger partial charge >= 0.3 is 0 Å². The molecule has 2 nitrogen and oxygen atoms in total. The summed E-state index contributed by atoms with van der Waals surface area (Å²) in [4.78, 5) is 13.1. The molecule has 3 aliphatic rings. The highest BCUT2D eigenvalue weighted by atomic mass is 32.2. The molecule has 0 amide bonds. The van der Waals surface area contributed by atoms with Crippen molar-refractivity contribution in [3.63, 3.8) is 0 Å². The van der Waals surface area contributed by atoms with E-state index in [1.165, 1.54) is 54.3 Å². The molecule has 3 heteroatoms. The Labute approximate surface area is 344 Å². The molecule has 58 heavy (non-hydrogen) atoms. The van der Waals surface area contributed by atoms with Crippen LogP contribution in [0, 0.1) is 0 Å². The molecule has 1 unspecified atom stereocenters. The van der Waals surface area contributed by atoms with Crippen LogP contribution < -0.4 is 0 Å². The Morgan fingerprint density at radius 2 is 0.983 bits per heavy atom. The summed E-state index contributed by atoms with van der Waals surface area (Å²) < 4.78 is 0. The van der Waals surface area contributed by atoms with E-state index in [9.17, 15) is 0 Å². The minimum Gasteiger partial charge on any atom is -0.253 e. The predicted octanol–water partition coefficient (Wildman–Crippen LogP) is 13.8. The number of hydrogen-bond donors (Lipinski definition) is 0. The standard InChI is InChI=1S/C55H38N2S/c1-36-33-50(39-15-4-2-5-16-39)56-54(40-17-6-3-7-18-40)57-53(36)43-20-14-19-41(34-43)37-27-29-38(30-28-37)42-31-32-52-49(35-42)55(48-25-12-13-26-51(48)58-52)46-23-10-8-21-44(46)45-22-9-11-24-47(45)55/h2-32,34-35,53H,1,33H2. The summed E-state index contributed by atoms with van der Waals surface area (Å²) in [6.07, 6.45) is 0.650. The smallest absolute Gasteiger partial charge is 0.155 e. The van der Waals surface area contributed by atoms with E-state index in [-0.39, 0.29) is 6.04 Å². The lowest BCUT2D eigenvalue weighted by molar-refractivity contribution is 0.723. The molecule has 0 aromatic heterocycles. The highest BCUT2D eigenvalue weighted by Gasteiger charge is 2.50. The van der Waals surface area contributed by atoms with Gasteiger partial charge in [-0.25, -0.2) is 4.99 Å². The van der Waals surface area contributed by atoms with Gasteiger partial charge in [-0.3, -0.25) is 4.99 Å². The number of benzene rings is 8. The SMILES string of the molecule is C=C1CC(c2ccccc2)=NC(c2ccccc2)=NC1c1cccc(-c2ccc(-c3ccc4c(c3)C3(c5ccccc5S4)c4ccccc4-c4ccccc43)cc2)c1. The largest absolute Gasteiger partial charge is 0.253 e. The molecule has 0 fully saturated rings. The Balaban J connectivity index is 0.957. The molecule has 8 aromatic carbocycles. The van der Waals surface area contributed by atoms with E-state index in [4.69, 9.17) is 9.98 Å². The van der Waals surface area contributed by atoms with E-state index in [0.717, 1.165) is 44.9 Å². The molecule has 274 valence electrons. The average molecular weight is 759 g/mol. The summed E-state index contributed by atoms with van der Waals surface area (Å²) >= 11 is 1.89. The highest BCUT2D eigenvalue weighted by Crippen LogP contribution is 2.62. The van der Waals surface area contributed by atoms with Gasteiger partial charge in [-0.15, -0.1) is 0 Å². The minimum absolute atomic E-state index is 0.226. The van der Waals surface area contributed by atoms with Crippen molar-refractivity contribution in [2.45, 2.75) is 27.7 Å². The summed E-state index contributed by atoms with van der Waals surface area (Å²) in [6, 6.07) is 72.4. The van der Waals surface area contributed by atoms with Crippen LogP contribution in [0.2, 0.25) is 0 Å². The van der Waals surface area contributed by atoms with Gasteiger partial charge in [-0.05, 0) is 96.6 Å². The van der Waals surface area contributed by atoms with E-state index in [0.29, 0.717) is 6.42 Å². The summed E-state index contributed by atoms with van der Waals surface area (Å²) in [5.41, 5.74) is 17.6. The van der Waals surface area contributed by atoms with Crippen LogP contribution in [-0.4, -0.2) is 11.5 Å². The Morgan fingerprint density at radius 1 is 0.448 bits per heavy atom. The third-order valence-corrected chi connectivity index (χ3v) is 13.2. The maximum atomic E-state index is 5.30. The first kappa shape index (κ1) is 34.4. The second kappa shape index (κ2) is 14.0. The van der Waals surface area contributed by atoms with E-state index < -0.39 is 5.41 Å². The average Bonchev–Trinajstić information content (AvgIpc) is 3.46. The Kier molecular flexibility index (Phi) is 8.30. The fourth-order valence-electron chi connectivity index (χ4n) is 9.33. The van der Waals surface area contributed by atoms with Gasteiger partial charge in [-0.1, -0.05) is 194 Å². The number of aliphatic imine (C=N–C) groups is 2. The number of fused-ring (bicyclic) bond motifs is 9. The van der Waals surface area contributed by atoms with Crippen molar-refractivity contribution >= 4 is 23.3 Å². The minimum atomic E-state index is -0.390. The van der Waals surface area contributed by atoms with Crippen LogP contribution in [0.25, 0.3) is 33.4 Å². The lowest BCUT2D eigenvalue weighted by Crippen LogP contribution is -2.32.